The summed E-state index contributed by atoms with van der Waals surface area (Å²) in [7, 11) is 0. The highest BCUT2D eigenvalue weighted by atomic mass is 19.1. The van der Waals surface area contributed by atoms with Gasteiger partial charge in [-0.2, -0.15) is 0 Å². The Morgan fingerprint density at radius 1 is 0.926 bits per heavy atom. The molecule has 1 aliphatic heterocycles. The van der Waals surface area contributed by atoms with E-state index in [4.69, 9.17) is 0 Å². The maximum Gasteiger partial charge on any atom is 0.127 e. The number of aromatic hydroxyl groups is 2. The molecular formula is C22H29FN2O2. The fourth-order valence-electron chi connectivity index (χ4n) is 3.73. The summed E-state index contributed by atoms with van der Waals surface area (Å²) in [4.78, 5) is 4.73. The van der Waals surface area contributed by atoms with Gasteiger partial charge in [-0.1, -0.05) is 26.8 Å². The van der Waals surface area contributed by atoms with E-state index in [0.29, 0.717) is 12.1 Å². The number of rotatable bonds is 5. The van der Waals surface area contributed by atoms with E-state index in [2.05, 4.69) is 16.7 Å². The van der Waals surface area contributed by atoms with Crippen LogP contribution >= 0.6 is 0 Å². The predicted octanol–water partition coefficient (Wildman–Crippen LogP) is 4.16. The van der Waals surface area contributed by atoms with Crippen molar-refractivity contribution in [2.75, 3.05) is 32.7 Å². The third kappa shape index (κ3) is 4.42. The number of halogens is 1. The fraction of sp³-hybridized carbons (Fsp3) is 0.455. The summed E-state index contributed by atoms with van der Waals surface area (Å²) in [5.74, 6) is -0.0511. The molecule has 0 bridgehead atoms. The van der Waals surface area contributed by atoms with Crippen LogP contribution in [0.3, 0.4) is 0 Å². The van der Waals surface area contributed by atoms with Crippen molar-refractivity contribution in [2.45, 2.75) is 33.2 Å². The minimum Gasteiger partial charge on any atom is -0.508 e. The second kappa shape index (κ2) is 8.28. The van der Waals surface area contributed by atoms with Crippen LogP contribution < -0.4 is 0 Å². The summed E-state index contributed by atoms with van der Waals surface area (Å²) < 4.78 is 14.0. The van der Waals surface area contributed by atoms with Gasteiger partial charge in [-0.05, 0) is 47.4 Å². The maximum absolute atomic E-state index is 14.0. The average Bonchev–Trinajstić information content (AvgIpc) is 2.63. The number of nitrogens with zero attached hydrogens (tertiary/aromatic N) is 2. The molecule has 0 atom stereocenters. The Hall–Kier alpha value is -2.11. The van der Waals surface area contributed by atoms with Crippen molar-refractivity contribution in [1.82, 2.24) is 9.80 Å². The standard InChI is InChI=1S/C22H29FN2O2/c1-4-24-7-9-25(10-8-24)14-16-11-17(23)5-6-18(16)20-12-19(15(2)3)21(26)13-22(20)27/h5-6,11-13,15,26-27H,4,7-10,14H2,1-3H3. The monoisotopic (exact) mass is 372 g/mol. The van der Waals surface area contributed by atoms with E-state index in [1.807, 2.05) is 19.9 Å². The number of likely N-dealkylation sites (N-methyl/N-ethyl adjacent to an activating group) is 1. The van der Waals surface area contributed by atoms with Crippen molar-refractivity contribution < 1.29 is 14.6 Å². The largest absolute Gasteiger partial charge is 0.508 e. The van der Waals surface area contributed by atoms with E-state index in [1.165, 1.54) is 12.1 Å². The van der Waals surface area contributed by atoms with E-state index in [9.17, 15) is 14.6 Å². The maximum atomic E-state index is 14.0. The third-order valence-electron chi connectivity index (χ3n) is 5.43. The minimum absolute atomic E-state index is 0.0144. The second-order valence-corrected chi connectivity index (χ2v) is 7.59. The number of phenolic OH excluding ortho intramolecular Hbond substituents is 2. The molecule has 3 rings (SSSR count). The first kappa shape index (κ1) is 19.6. The summed E-state index contributed by atoms with van der Waals surface area (Å²) in [6, 6.07) is 7.92. The van der Waals surface area contributed by atoms with E-state index < -0.39 is 0 Å². The molecule has 146 valence electrons. The lowest BCUT2D eigenvalue weighted by Gasteiger charge is -2.34. The number of piperazine rings is 1. The normalized spacial score (nSPS) is 16.2. The average molecular weight is 372 g/mol. The molecule has 1 fully saturated rings. The molecule has 2 aromatic rings. The lowest BCUT2D eigenvalue weighted by atomic mass is 9.93. The first-order valence-electron chi connectivity index (χ1n) is 9.68. The summed E-state index contributed by atoms with van der Waals surface area (Å²) in [5.41, 5.74) is 3.08. The molecule has 0 amide bonds. The Morgan fingerprint density at radius 3 is 2.22 bits per heavy atom. The van der Waals surface area contributed by atoms with Crippen molar-refractivity contribution >= 4 is 0 Å². The highest BCUT2D eigenvalue weighted by molar-refractivity contribution is 5.75. The predicted molar refractivity (Wildman–Crippen MR) is 107 cm³/mol. The van der Waals surface area contributed by atoms with Gasteiger partial charge in [0.2, 0.25) is 0 Å². The molecule has 1 heterocycles. The molecule has 4 nitrogen and oxygen atoms in total. The first-order chi connectivity index (χ1) is 12.9. The molecule has 0 saturated carbocycles. The Bertz CT molecular complexity index is 799. The quantitative estimate of drug-likeness (QED) is 0.827. The third-order valence-corrected chi connectivity index (χ3v) is 5.43. The smallest absolute Gasteiger partial charge is 0.127 e. The zero-order valence-corrected chi connectivity index (χ0v) is 16.4. The molecule has 0 aliphatic carbocycles. The van der Waals surface area contributed by atoms with E-state index in [-0.39, 0.29) is 23.2 Å². The summed E-state index contributed by atoms with van der Waals surface area (Å²) in [6.45, 7) is 11.8. The summed E-state index contributed by atoms with van der Waals surface area (Å²) >= 11 is 0. The van der Waals surface area contributed by atoms with E-state index >= 15 is 0 Å². The second-order valence-electron chi connectivity index (χ2n) is 7.59. The number of benzene rings is 2. The minimum atomic E-state index is -0.275. The van der Waals surface area contributed by atoms with Gasteiger partial charge in [-0.3, -0.25) is 4.90 Å². The summed E-state index contributed by atoms with van der Waals surface area (Å²) in [6.07, 6.45) is 0. The number of phenols is 2. The molecule has 1 saturated heterocycles. The molecule has 0 radical (unpaired) electrons. The molecule has 27 heavy (non-hydrogen) atoms. The molecule has 2 N–H and O–H groups in total. The number of hydrogen-bond donors (Lipinski definition) is 2. The van der Waals surface area contributed by atoms with Gasteiger partial charge in [-0.15, -0.1) is 0 Å². The highest BCUT2D eigenvalue weighted by Crippen LogP contribution is 2.39. The van der Waals surface area contributed by atoms with Crippen molar-refractivity contribution in [3.8, 4) is 22.6 Å². The van der Waals surface area contributed by atoms with Gasteiger partial charge < -0.3 is 15.1 Å². The van der Waals surface area contributed by atoms with Crippen molar-refractivity contribution in [1.29, 1.82) is 0 Å². The van der Waals surface area contributed by atoms with Gasteiger partial charge in [0.05, 0.1) is 0 Å². The van der Waals surface area contributed by atoms with Gasteiger partial charge in [0, 0.05) is 44.4 Å². The van der Waals surface area contributed by atoms with E-state index in [1.54, 1.807) is 12.1 Å². The molecule has 2 aromatic carbocycles. The number of hydrogen-bond acceptors (Lipinski definition) is 4. The Kier molecular flexibility index (Phi) is 6.02. The molecular weight excluding hydrogens is 343 g/mol. The molecule has 0 spiro atoms. The van der Waals surface area contributed by atoms with Crippen molar-refractivity contribution in [3.05, 3.63) is 47.3 Å². The van der Waals surface area contributed by atoms with Crippen molar-refractivity contribution in [2.24, 2.45) is 0 Å². The zero-order chi connectivity index (χ0) is 19.6. The topological polar surface area (TPSA) is 46.9 Å². The highest BCUT2D eigenvalue weighted by Gasteiger charge is 2.20. The molecule has 1 aliphatic rings. The van der Waals surface area contributed by atoms with Gasteiger partial charge in [0.1, 0.15) is 17.3 Å². The van der Waals surface area contributed by atoms with Gasteiger partial charge in [0.25, 0.3) is 0 Å². The molecule has 0 unspecified atom stereocenters. The van der Waals surface area contributed by atoms with Crippen molar-refractivity contribution in [3.63, 3.8) is 0 Å². The SMILES string of the molecule is CCN1CCN(Cc2cc(F)ccc2-c2cc(C(C)C)c(O)cc2O)CC1. The summed E-state index contributed by atoms with van der Waals surface area (Å²) in [5, 5.41) is 20.6. The molecule has 0 aromatic heterocycles. The molecule has 5 heteroatoms. The van der Waals surface area contributed by atoms with Gasteiger partial charge in [-0.25, -0.2) is 4.39 Å². The lowest BCUT2D eigenvalue weighted by Crippen LogP contribution is -2.45. The van der Waals surface area contributed by atoms with Crippen LogP contribution in [-0.4, -0.2) is 52.7 Å². The lowest BCUT2D eigenvalue weighted by molar-refractivity contribution is 0.132. The van der Waals surface area contributed by atoms with Crippen LogP contribution in [0.5, 0.6) is 11.5 Å². The van der Waals surface area contributed by atoms with Crippen LogP contribution in [0, 0.1) is 5.82 Å². The van der Waals surface area contributed by atoms with Gasteiger partial charge >= 0.3 is 0 Å². The van der Waals surface area contributed by atoms with Crippen LogP contribution in [0.25, 0.3) is 11.1 Å². The van der Waals surface area contributed by atoms with Crippen LogP contribution in [0.2, 0.25) is 0 Å². The van der Waals surface area contributed by atoms with Crippen LogP contribution in [0.15, 0.2) is 30.3 Å². The van der Waals surface area contributed by atoms with Gasteiger partial charge in [0.15, 0.2) is 0 Å². The fourth-order valence-corrected chi connectivity index (χ4v) is 3.73. The van der Waals surface area contributed by atoms with Crippen LogP contribution in [0.4, 0.5) is 4.39 Å². The Morgan fingerprint density at radius 2 is 1.59 bits per heavy atom. The van der Waals surface area contributed by atoms with Crippen LogP contribution in [0.1, 0.15) is 37.8 Å². The zero-order valence-electron chi connectivity index (χ0n) is 16.4. The Balaban J connectivity index is 1.94. The first-order valence-corrected chi connectivity index (χ1v) is 9.68. The Labute approximate surface area is 160 Å². The van der Waals surface area contributed by atoms with E-state index in [0.717, 1.165) is 49.4 Å². The van der Waals surface area contributed by atoms with Crippen LogP contribution in [-0.2, 0) is 6.54 Å².